The van der Waals surface area contributed by atoms with E-state index in [1.807, 2.05) is 0 Å². The molecule has 1 saturated heterocycles. The summed E-state index contributed by atoms with van der Waals surface area (Å²) in [6, 6.07) is 5.12. The molecule has 2 unspecified atom stereocenters. The number of benzene rings is 1. The summed E-state index contributed by atoms with van der Waals surface area (Å²) < 4.78 is 13.3. The average molecular weight is 314 g/mol. The van der Waals surface area contributed by atoms with Gasteiger partial charge in [0.25, 0.3) is 0 Å². The Morgan fingerprint density at radius 3 is 2.81 bits per heavy atom. The van der Waals surface area contributed by atoms with Crippen LogP contribution in [0.3, 0.4) is 0 Å². The molecule has 1 aromatic rings. The normalized spacial score (nSPS) is 23.0. The lowest BCUT2D eigenvalue weighted by Crippen LogP contribution is -2.44. The predicted molar refractivity (Wildman–Crippen MR) is 86.1 cm³/mol. The van der Waals surface area contributed by atoms with Crippen molar-refractivity contribution < 1.29 is 4.39 Å². The summed E-state index contributed by atoms with van der Waals surface area (Å²) in [5, 5.41) is 0.470. The van der Waals surface area contributed by atoms with Gasteiger partial charge in [0.15, 0.2) is 0 Å². The Morgan fingerprint density at radius 2 is 2.19 bits per heavy atom. The molecular formula is C16H25ClFN3. The van der Waals surface area contributed by atoms with Crippen LogP contribution in [-0.2, 0) is 0 Å². The van der Waals surface area contributed by atoms with Crippen LogP contribution in [0.25, 0.3) is 0 Å². The molecule has 0 amide bonds. The number of rotatable bonds is 4. The summed E-state index contributed by atoms with van der Waals surface area (Å²) in [6.45, 7) is 5.83. The van der Waals surface area contributed by atoms with Crippen molar-refractivity contribution in [1.82, 2.24) is 9.80 Å². The van der Waals surface area contributed by atoms with Crippen molar-refractivity contribution in [3.8, 4) is 0 Å². The molecule has 0 saturated carbocycles. The van der Waals surface area contributed by atoms with E-state index < -0.39 is 0 Å². The van der Waals surface area contributed by atoms with Crippen LogP contribution in [0, 0.1) is 5.82 Å². The first-order valence-electron chi connectivity index (χ1n) is 7.66. The van der Waals surface area contributed by atoms with E-state index in [4.69, 9.17) is 17.3 Å². The van der Waals surface area contributed by atoms with E-state index in [1.165, 1.54) is 12.1 Å². The fourth-order valence-electron chi connectivity index (χ4n) is 3.25. The van der Waals surface area contributed by atoms with Gasteiger partial charge < -0.3 is 10.6 Å². The molecule has 118 valence electrons. The minimum atomic E-state index is -0.304. The Hall–Kier alpha value is -0.680. The molecule has 3 nitrogen and oxygen atoms in total. The first-order chi connectivity index (χ1) is 10.1. The van der Waals surface area contributed by atoms with Gasteiger partial charge in [0.2, 0.25) is 0 Å². The summed E-state index contributed by atoms with van der Waals surface area (Å²) in [5.41, 5.74) is 6.97. The molecule has 0 aromatic heterocycles. The molecule has 0 bridgehead atoms. The van der Waals surface area contributed by atoms with Gasteiger partial charge in [-0.25, -0.2) is 4.39 Å². The number of hydrogen-bond acceptors (Lipinski definition) is 3. The molecule has 2 rings (SSSR count). The molecule has 1 fully saturated rings. The fraction of sp³-hybridized carbons (Fsp3) is 0.625. The molecule has 1 aliphatic heterocycles. The third-order valence-corrected chi connectivity index (χ3v) is 4.69. The third-order valence-electron chi connectivity index (χ3n) is 4.36. The lowest BCUT2D eigenvalue weighted by molar-refractivity contribution is 0.131. The maximum absolute atomic E-state index is 13.3. The summed E-state index contributed by atoms with van der Waals surface area (Å²) in [4.78, 5) is 4.82. The van der Waals surface area contributed by atoms with Crippen molar-refractivity contribution >= 4 is 11.6 Å². The highest BCUT2D eigenvalue weighted by atomic mass is 35.5. The van der Waals surface area contributed by atoms with Crippen LogP contribution in [-0.4, -0.2) is 49.1 Å². The van der Waals surface area contributed by atoms with Crippen LogP contribution in [0.15, 0.2) is 18.2 Å². The summed E-state index contributed by atoms with van der Waals surface area (Å²) in [6.07, 6.45) is 2.18. The highest BCUT2D eigenvalue weighted by Crippen LogP contribution is 2.31. The smallest absolute Gasteiger partial charge is 0.124 e. The second kappa shape index (κ2) is 7.54. The monoisotopic (exact) mass is 313 g/mol. The Labute approximate surface area is 131 Å². The van der Waals surface area contributed by atoms with E-state index in [0.717, 1.165) is 38.0 Å². The number of hydrogen-bond donors (Lipinski definition) is 1. The molecular weight excluding hydrogens is 289 g/mol. The minimum absolute atomic E-state index is 0.0505. The van der Waals surface area contributed by atoms with Gasteiger partial charge in [0.05, 0.1) is 0 Å². The van der Waals surface area contributed by atoms with Gasteiger partial charge >= 0.3 is 0 Å². The number of nitrogens with zero attached hydrogens (tertiary/aromatic N) is 2. The van der Waals surface area contributed by atoms with Crippen LogP contribution in [0.5, 0.6) is 0 Å². The quantitative estimate of drug-likeness (QED) is 0.927. The SMILES string of the molecule is CCC1CN(C)CCCN1C(CN)c1ccc(F)cc1Cl. The molecule has 2 N–H and O–H groups in total. The molecule has 5 heteroatoms. The van der Waals surface area contributed by atoms with Gasteiger partial charge in [0, 0.05) is 36.7 Å². The van der Waals surface area contributed by atoms with Gasteiger partial charge in [-0.2, -0.15) is 0 Å². The number of likely N-dealkylation sites (N-methyl/N-ethyl adjacent to an activating group) is 1. The van der Waals surface area contributed by atoms with E-state index >= 15 is 0 Å². The standard InChI is InChI=1S/C16H25ClFN3/c1-3-13-11-20(2)7-4-8-21(13)16(10-19)14-6-5-12(18)9-15(14)17/h5-6,9,13,16H,3-4,7-8,10-11,19H2,1-2H3. The van der Waals surface area contributed by atoms with Crippen LogP contribution in [0.2, 0.25) is 5.02 Å². The van der Waals surface area contributed by atoms with Crippen LogP contribution in [0.1, 0.15) is 31.4 Å². The zero-order valence-electron chi connectivity index (χ0n) is 12.9. The van der Waals surface area contributed by atoms with Crippen LogP contribution in [0.4, 0.5) is 4.39 Å². The topological polar surface area (TPSA) is 32.5 Å². The van der Waals surface area contributed by atoms with E-state index in [0.29, 0.717) is 17.6 Å². The molecule has 0 aliphatic carbocycles. The summed E-state index contributed by atoms with van der Waals surface area (Å²) >= 11 is 6.25. The zero-order valence-corrected chi connectivity index (χ0v) is 13.6. The van der Waals surface area contributed by atoms with Crippen LogP contribution >= 0.6 is 11.6 Å². The lowest BCUT2D eigenvalue weighted by atomic mass is 10.0. The van der Waals surface area contributed by atoms with Crippen LogP contribution < -0.4 is 5.73 Å². The van der Waals surface area contributed by atoms with Crippen molar-refractivity contribution in [2.45, 2.75) is 31.8 Å². The maximum Gasteiger partial charge on any atom is 0.124 e. The zero-order chi connectivity index (χ0) is 15.4. The van der Waals surface area contributed by atoms with E-state index in [2.05, 4.69) is 23.8 Å². The third kappa shape index (κ3) is 3.95. The van der Waals surface area contributed by atoms with E-state index in [1.54, 1.807) is 6.07 Å². The van der Waals surface area contributed by atoms with Gasteiger partial charge in [-0.05, 0) is 44.1 Å². The lowest BCUT2D eigenvalue weighted by Gasteiger charge is -2.37. The summed E-state index contributed by atoms with van der Waals surface area (Å²) in [5.74, 6) is -0.304. The maximum atomic E-state index is 13.3. The first kappa shape index (κ1) is 16.7. The Morgan fingerprint density at radius 1 is 1.43 bits per heavy atom. The highest BCUT2D eigenvalue weighted by molar-refractivity contribution is 6.31. The Kier molecular flexibility index (Phi) is 5.99. The van der Waals surface area contributed by atoms with Gasteiger partial charge in [-0.15, -0.1) is 0 Å². The molecule has 1 aliphatic rings. The number of halogens is 2. The van der Waals surface area contributed by atoms with Crippen molar-refractivity contribution in [2.75, 3.05) is 33.2 Å². The van der Waals surface area contributed by atoms with Crippen molar-refractivity contribution in [3.05, 3.63) is 34.6 Å². The fourth-order valence-corrected chi connectivity index (χ4v) is 3.54. The molecule has 1 heterocycles. The van der Waals surface area contributed by atoms with Gasteiger partial charge in [0.1, 0.15) is 5.82 Å². The Balaban J connectivity index is 2.29. The van der Waals surface area contributed by atoms with Gasteiger partial charge in [-0.3, -0.25) is 4.90 Å². The average Bonchev–Trinajstić information content (AvgIpc) is 2.63. The van der Waals surface area contributed by atoms with E-state index in [9.17, 15) is 4.39 Å². The molecule has 0 radical (unpaired) electrons. The molecule has 1 aromatic carbocycles. The predicted octanol–water partition coefficient (Wildman–Crippen LogP) is 2.90. The summed E-state index contributed by atoms with van der Waals surface area (Å²) in [7, 11) is 2.16. The van der Waals surface area contributed by atoms with Gasteiger partial charge in [-0.1, -0.05) is 24.6 Å². The van der Waals surface area contributed by atoms with Crippen molar-refractivity contribution in [1.29, 1.82) is 0 Å². The van der Waals surface area contributed by atoms with Crippen molar-refractivity contribution in [3.63, 3.8) is 0 Å². The van der Waals surface area contributed by atoms with E-state index in [-0.39, 0.29) is 11.9 Å². The largest absolute Gasteiger partial charge is 0.329 e. The second-order valence-electron chi connectivity index (χ2n) is 5.83. The van der Waals surface area contributed by atoms with Crippen molar-refractivity contribution in [2.24, 2.45) is 5.73 Å². The number of nitrogens with two attached hydrogens (primary N) is 1. The highest BCUT2D eigenvalue weighted by Gasteiger charge is 2.29. The molecule has 21 heavy (non-hydrogen) atoms. The minimum Gasteiger partial charge on any atom is -0.329 e. The molecule has 2 atom stereocenters. The first-order valence-corrected chi connectivity index (χ1v) is 8.04. The Bertz CT molecular complexity index is 469. The molecule has 0 spiro atoms. The second-order valence-corrected chi connectivity index (χ2v) is 6.24.